The molecular formula is C14H10Cl2N4O. The highest BCUT2D eigenvalue weighted by atomic mass is 35.5. The molecule has 0 radical (unpaired) electrons. The Bertz CT molecular complexity index is 746. The highest BCUT2D eigenvalue weighted by Gasteiger charge is 2.08. The zero-order valence-electron chi connectivity index (χ0n) is 10.8. The number of rotatable bonds is 4. The number of H-pyrrole nitrogens is 1. The maximum Gasteiger partial charge on any atom is 0.204 e. The van der Waals surface area contributed by atoms with Crippen LogP contribution >= 0.6 is 23.2 Å². The van der Waals surface area contributed by atoms with Crippen LogP contribution < -0.4 is 4.74 Å². The smallest absolute Gasteiger partial charge is 0.204 e. The Balaban J connectivity index is 1.74. The van der Waals surface area contributed by atoms with Gasteiger partial charge in [0.05, 0.1) is 5.02 Å². The molecule has 0 aliphatic rings. The second-order valence-electron chi connectivity index (χ2n) is 4.30. The number of aromatic nitrogens is 4. The second kappa shape index (κ2) is 6.11. The molecule has 0 aliphatic carbocycles. The Morgan fingerprint density at radius 1 is 1.10 bits per heavy atom. The summed E-state index contributed by atoms with van der Waals surface area (Å²) >= 11 is 12.1. The minimum absolute atomic E-state index is 0.391. The SMILES string of the molecule is Clc1cccc(COc2ccc(-c3nn[nH]n3)cc2Cl)c1. The molecule has 0 fully saturated rings. The van der Waals surface area contributed by atoms with Crippen LogP contribution in [0.1, 0.15) is 5.56 Å². The van der Waals surface area contributed by atoms with Crippen molar-refractivity contribution in [3.8, 4) is 17.1 Å². The molecule has 0 saturated heterocycles. The fourth-order valence-electron chi connectivity index (χ4n) is 1.83. The van der Waals surface area contributed by atoms with Crippen LogP contribution in [0.2, 0.25) is 10.0 Å². The molecule has 0 saturated carbocycles. The van der Waals surface area contributed by atoms with E-state index in [0.717, 1.165) is 11.1 Å². The number of tetrazole rings is 1. The molecule has 0 unspecified atom stereocenters. The molecule has 1 N–H and O–H groups in total. The third-order valence-corrected chi connectivity index (χ3v) is 3.35. The molecule has 2 aromatic carbocycles. The number of nitrogens with zero attached hydrogens (tertiary/aromatic N) is 3. The van der Waals surface area contributed by atoms with E-state index < -0.39 is 0 Å². The first kappa shape index (κ1) is 13.9. The molecule has 21 heavy (non-hydrogen) atoms. The Kier molecular flexibility index (Phi) is 4.03. The van der Waals surface area contributed by atoms with Crippen molar-refractivity contribution in [3.05, 3.63) is 58.1 Å². The molecule has 7 heteroatoms. The number of ether oxygens (including phenoxy) is 1. The van der Waals surface area contributed by atoms with Gasteiger partial charge in [0.1, 0.15) is 12.4 Å². The van der Waals surface area contributed by atoms with Gasteiger partial charge in [0.2, 0.25) is 5.82 Å². The lowest BCUT2D eigenvalue weighted by molar-refractivity contribution is 0.306. The number of hydrogen-bond donors (Lipinski definition) is 1. The molecular weight excluding hydrogens is 311 g/mol. The van der Waals surface area contributed by atoms with Gasteiger partial charge in [0.25, 0.3) is 0 Å². The zero-order chi connectivity index (χ0) is 14.7. The van der Waals surface area contributed by atoms with Gasteiger partial charge >= 0.3 is 0 Å². The molecule has 106 valence electrons. The topological polar surface area (TPSA) is 63.7 Å². The summed E-state index contributed by atoms with van der Waals surface area (Å²) in [6, 6.07) is 12.8. The number of nitrogens with one attached hydrogen (secondary N) is 1. The minimum atomic E-state index is 0.391. The number of halogens is 2. The fourth-order valence-corrected chi connectivity index (χ4v) is 2.28. The summed E-state index contributed by atoms with van der Waals surface area (Å²) < 4.78 is 5.70. The van der Waals surface area contributed by atoms with Crippen LogP contribution in [-0.4, -0.2) is 20.6 Å². The summed E-state index contributed by atoms with van der Waals surface area (Å²) in [5.74, 6) is 1.07. The summed E-state index contributed by atoms with van der Waals surface area (Å²) in [4.78, 5) is 0. The van der Waals surface area contributed by atoms with Gasteiger partial charge in [0.15, 0.2) is 0 Å². The van der Waals surface area contributed by atoms with Crippen LogP contribution in [0.4, 0.5) is 0 Å². The molecule has 3 aromatic rings. The summed E-state index contributed by atoms with van der Waals surface area (Å²) in [7, 11) is 0. The van der Waals surface area contributed by atoms with E-state index in [9.17, 15) is 0 Å². The fraction of sp³-hybridized carbons (Fsp3) is 0.0714. The van der Waals surface area contributed by atoms with Gasteiger partial charge in [-0.1, -0.05) is 35.3 Å². The molecule has 0 spiro atoms. The van der Waals surface area contributed by atoms with Crippen LogP contribution in [0.15, 0.2) is 42.5 Å². The maximum absolute atomic E-state index is 6.21. The third-order valence-electron chi connectivity index (χ3n) is 2.82. The molecule has 0 amide bonds. The predicted molar refractivity (Wildman–Crippen MR) is 80.4 cm³/mol. The van der Waals surface area contributed by atoms with Gasteiger partial charge in [-0.05, 0) is 41.1 Å². The van der Waals surface area contributed by atoms with Crippen molar-refractivity contribution >= 4 is 23.2 Å². The van der Waals surface area contributed by atoms with Crippen molar-refractivity contribution in [2.24, 2.45) is 0 Å². The van der Waals surface area contributed by atoms with E-state index in [1.807, 2.05) is 30.3 Å². The van der Waals surface area contributed by atoms with Crippen molar-refractivity contribution in [1.29, 1.82) is 0 Å². The third kappa shape index (κ3) is 3.32. The predicted octanol–water partition coefficient (Wildman–Crippen LogP) is 3.75. The minimum Gasteiger partial charge on any atom is -0.487 e. The molecule has 3 rings (SSSR count). The van der Waals surface area contributed by atoms with E-state index in [2.05, 4.69) is 20.6 Å². The van der Waals surface area contributed by atoms with Crippen LogP contribution in [0.25, 0.3) is 11.4 Å². The highest BCUT2D eigenvalue weighted by Crippen LogP contribution is 2.29. The zero-order valence-corrected chi connectivity index (χ0v) is 12.3. The van der Waals surface area contributed by atoms with E-state index in [-0.39, 0.29) is 0 Å². The number of hydrogen-bond acceptors (Lipinski definition) is 4. The van der Waals surface area contributed by atoms with Crippen LogP contribution in [0.3, 0.4) is 0 Å². The van der Waals surface area contributed by atoms with Gasteiger partial charge in [0, 0.05) is 10.6 Å². The Labute approximate surface area is 130 Å². The normalized spacial score (nSPS) is 10.6. The van der Waals surface area contributed by atoms with Crippen LogP contribution in [0.5, 0.6) is 5.75 Å². The van der Waals surface area contributed by atoms with Gasteiger partial charge in [-0.25, -0.2) is 0 Å². The Morgan fingerprint density at radius 3 is 2.71 bits per heavy atom. The van der Waals surface area contributed by atoms with Gasteiger partial charge < -0.3 is 4.74 Å². The summed E-state index contributed by atoms with van der Waals surface area (Å²) in [5, 5.41) is 14.9. The summed E-state index contributed by atoms with van der Waals surface area (Å²) in [6.45, 7) is 0.391. The van der Waals surface area contributed by atoms with Crippen molar-refractivity contribution in [2.75, 3.05) is 0 Å². The lowest BCUT2D eigenvalue weighted by atomic mass is 10.2. The van der Waals surface area contributed by atoms with Gasteiger partial charge in [-0.3, -0.25) is 0 Å². The average Bonchev–Trinajstić information content (AvgIpc) is 3.00. The first-order valence-electron chi connectivity index (χ1n) is 6.13. The van der Waals surface area contributed by atoms with Gasteiger partial charge in [-0.2, -0.15) is 5.21 Å². The highest BCUT2D eigenvalue weighted by molar-refractivity contribution is 6.32. The van der Waals surface area contributed by atoms with Crippen molar-refractivity contribution in [2.45, 2.75) is 6.61 Å². The van der Waals surface area contributed by atoms with E-state index in [1.54, 1.807) is 12.1 Å². The molecule has 0 bridgehead atoms. The van der Waals surface area contributed by atoms with Crippen molar-refractivity contribution < 1.29 is 4.74 Å². The summed E-state index contributed by atoms with van der Waals surface area (Å²) in [5.41, 5.74) is 1.74. The Hall–Kier alpha value is -2.11. The summed E-state index contributed by atoms with van der Waals surface area (Å²) in [6.07, 6.45) is 0. The quantitative estimate of drug-likeness (QED) is 0.795. The first-order valence-corrected chi connectivity index (χ1v) is 6.88. The number of aromatic amines is 1. The number of benzene rings is 2. The lowest BCUT2D eigenvalue weighted by Gasteiger charge is -2.09. The lowest BCUT2D eigenvalue weighted by Crippen LogP contribution is -1.96. The van der Waals surface area contributed by atoms with Crippen LogP contribution in [-0.2, 0) is 6.61 Å². The molecule has 1 aromatic heterocycles. The molecule has 0 atom stereocenters. The van der Waals surface area contributed by atoms with E-state index in [1.165, 1.54) is 0 Å². The standard InChI is InChI=1S/C14H10Cl2N4O/c15-11-3-1-2-9(6-11)8-21-13-5-4-10(7-12(13)16)14-17-19-20-18-14/h1-7H,8H2,(H,17,18,19,20). The van der Waals surface area contributed by atoms with E-state index in [4.69, 9.17) is 27.9 Å². The van der Waals surface area contributed by atoms with Crippen molar-refractivity contribution in [3.63, 3.8) is 0 Å². The van der Waals surface area contributed by atoms with E-state index >= 15 is 0 Å². The van der Waals surface area contributed by atoms with Crippen molar-refractivity contribution in [1.82, 2.24) is 20.6 Å². The monoisotopic (exact) mass is 320 g/mol. The van der Waals surface area contributed by atoms with E-state index in [0.29, 0.717) is 28.2 Å². The second-order valence-corrected chi connectivity index (χ2v) is 5.14. The Morgan fingerprint density at radius 2 is 2.00 bits per heavy atom. The molecule has 5 nitrogen and oxygen atoms in total. The molecule has 0 aliphatic heterocycles. The maximum atomic E-state index is 6.21. The van der Waals surface area contributed by atoms with Crippen LogP contribution in [0, 0.1) is 0 Å². The van der Waals surface area contributed by atoms with Gasteiger partial charge in [-0.15, -0.1) is 10.2 Å². The first-order chi connectivity index (χ1) is 10.2. The largest absolute Gasteiger partial charge is 0.487 e. The molecule has 1 heterocycles. The average molecular weight is 321 g/mol.